The molecule has 2 aromatic rings. The summed E-state index contributed by atoms with van der Waals surface area (Å²) >= 11 is 6.22. The summed E-state index contributed by atoms with van der Waals surface area (Å²) in [5.74, 6) is 0.407. The molecule has 0 spiro atoms. The highest BCUT2D eigenvalue weighted by molar-refractivity contribution is 6.32. The minimum atomic E-state index is -0.459. The molecule has 2 aromatic carbocycles. The van der Waals surface area contributed by atoms with Gasteiger partial charge in [0.2, 0.25) is 0 Å². The number of carbonyl (C=O) groups is 1. The number of amides is 1. The van der Waals surface area contributed by atoms with Crippen LogP contribution in [0.15, 0.2) is 48.0 Å². The summed E-state index contributed by atoms with van der Waals surface area (Å²) in [6.07, 6.45) is 1.47. The van der Waals surface area contributed by atoms with Crippen LogP contribution in [-0.2, 0) is 4.79 Å². The molecule has 0 saturated heterocycles. The summed E-state index contributed by atoms with van der Waals surface area (Å²) < 4.78 is 10.8. The van der Waals surface area contributed by atoms with Crippen LogP contribution in [0.4, 0.5) is 0 Å². The van der Waals surface area contributed by atoms with E-state index >= 15 is 0 Å². The molecule has 27 heavy (non-hydrogen) atoms. The second-order valence-corrected chi connectivity index (χ2v) is 6.15. The first-order valence-corrected chi connectivity index (χ1v) is 8.85. The van der Waals surface area contributed by atoms with E-state index in [0.717, 1.165) is 5.56 Å². The van der Waals surface area contributed by atoms with Gasteiger partial charge in [-0.15, -0.1) is 0 Å². The van der Waals surface area contributed by atoms with Crippen molar-refractivity contribution in [1.29, 1.82) is 5.26 Å². The summed E-state index contributed by atoms with van der Waals surface area (Å²) in [5, 5.41) is 12.6. The molecule has 2 rings (SSSR count). The fourth-order valence-corrected chi connectivity index (χ4v) is 2.84. The maximum absolute atomic E-state index is 12.5. The number of ether oxygens (including phenoxy) is 2. The van der Waals surface area contributed by atoms with E-state index in [9.17, 15) is 10.1 Å². The van der Waals surface area contributed by atoms with Gasteiger partial charge in [-0.2, -0.15) is 5.26 Å². The normalized spacial score (nSPS) is 12.0. The molecule has 0 heterocycles. The molecular weight excluding hydrogens is 364 g/mol. The van der Waals surface area contributed by atoms with Crippen LogP contribution >= 0.6 is 11.6 Å². The smallest absolute Gasteiger partial charge is 0.262 e. The molecule has 0 fully saturated rings. The van der Waals surface area contributed by atoms with E-state index in [1.807, 2.05) is 50.2 Å². The lowest BCUT2D eigenvalue weighted by atomic mass is 10.1. The molecular formula is C21H21ClN2O3. The summed E-state index contributed by atoms with van der Waals surface area (Å²) in [6.45, 7) is 4.13. The zero-order valence-electron chi connectivity index (χ0n) is 15.5. The number of nitrogens with one attached hydrogen (secondary N) is 1. The van der Waals surface area contributed by atoms with Crippen molar-refractivity contribution >= 4 is 23.6 Å². The first-order chi connectivity index (χ1) is 13.0. The van der Waals surface area contributed by atoms with Crippen LogP contribution in [0.5, 0.6) is 11.5 Å². The van der Waals surface area contributed by atoms with E-state index < -0.39 is 5.91 Å². The highest BCUT2D eigenvalue weighted by atomic mass is 35.5. The standard InChI is InChI=1S/C21H21ClN2O3/c1-4-27-19-12-15(11-18(22)20(19)26-3)10-17(13-23)21(25)24-14(2)16-8-6-5-7-9-16/h5-12,14H,4H2,1-3H3,(H,24,25)/b17-10-/t14-/m1/s1. The molecule has 6 heteroatoms. The lowest BCUT2D eigenvalue weighted by Crippen LogP contribution is -2.27. The van der Waals surface area contributed by atoms with Crippen molar-refractivity contribution in [2.24, 2.45) is 0 Å². The van der Waals surface area contributed by atoms with E-state index in [0.29, 0.717) is 28.7 Å². The highest BCUT2D eigenvalue weighted by Crippen LogP contribution is 2.36. The third-order valence-corrected chi connectivity index (χ3v) is 4.14. The van der Waals surface area contributed by atoms with Gasteiger partial charge in [0, 0.05) is 0 Å². The molecule has 0 bridgehead atoms. The lowest BCUT2D eigenvalue weighted by molar-refractivity contribution is -0.117. The number of rotatable bonds is 7. The van der Waals surface area contributed by atoms with Gasteiger partial charge >= 0.3 is 0 Å². The van der Waals surface area contributed by atoms with Gasteiger partial charge in [0.1, 0.15) is 11.6 Å². The summed E-state index contributed by atoms with van der Waals surface area (Å²) in [4.78, 5) is 12.5. The Morgan fingerprint density at radius 1 is 1.33 bits per heavy atom. The van der Waals surface area contributed by atoms with Gasteiger partial charge < -0.3 is 14.8 Å². The second kappa shape index (κ2) is 9.65. The molecule has 0 unspecified atom stereocenters. The van der Waals surface area contributed by atoms with Crippen LogP contribution in [0.1, 0.15) is 31.0 Å². The summed E-state index contributed by atoms with van der Waals surface area (Å²) in [5.41, 5.74) is 1.50. The number of halogens is 1. The van der Waals surface area contributed by atoms with E-state index in [1.165, 1.54) is 13.2 Å². The molecule has 0 radical (unpaired) electrons. The van der Waals surface area contributed by atoms with E-state index in [2.05, 4.69) is 5.32 Å². The fraction of sp³-hybridized carbons (Fsp3) is 0.238. The average molecular weight is 385 g/mol. The monoisotopic (exact) mass is 384 g/mol. The van der Waals surface area contributed by atoms with Crippen molar-refractivity contribution in [3.05, 3.63) is 64.2 Å². The maximum atomic E-state index is 12.5. The summed E-state index contributed by atoms with van der Waals surface area (Å²) in [6, 6.07) is 14.5. The Morgan fingerprint density at radius 3 is 2.63 bits per heavy atom. The van der Waals surface area contributed by atoms with Crippen molar-refractivity contribution in [3.8, 4) is 17.6 Å². The minimum Gasteiger partial charge on any atom is -0.491 e. The minimum absolute atomic E-state index is 0.0264. The number of methoxy groups -OCH3 is 1. The molecule has 0 aliphatic carbocycles. The molecule has 140 valence electrons. The Morgan fingerprint density at radius 2 is 2.04 bits per heavy atom. The first-order valence-electron chi connectivity index (χ1n) is 8.48. The van der Waals surface area contributed by atoms with Gasteiger partial charge in [0.25, 0.3) is 5.91 Å². The number of nitrogens with zero attached hydrogens (tertiary/aromatic N) is 1. The number of carbonyl (C=O) groups excluding carboxylic acids is 1. The molecule has 0 aliphatic heterocycles. The molecule has 1 atom stereocenters. The van der Waals surface area contributed by atoms with Crippen LogP contribution < -0.4 is 14.8 Å². The van der Waals surface area contributed by atoms with Crippen LogP contribution in [-0.4, -0.2) is 19.6 Å². The molecule has 0 aliphatic rings. The van der Waals surface area contributed by atoms with Gasteiger partial charge in [-0.1, -0.05) is 41.9 Å². The van der Waals surface area contributed by atoms with Crippen molar-refractivity contribution in [1.82, 2.24) is 5.32 Å². The maximum Gasteiger partial charge on any atom is 0.262 e. The Balaban J connectivity index is 2.27. The molecule has 0 aromatic heterocycles. The van der Waals surface area contributed by atoms with Crippen molar-refractivity contribution in [2.75, 3.05) is 13.7 Å². The Labute approximate surface area is 164 Å². The second-order valence-electron chi connectivity index (χ2n) is 5.74. The van der Waals surface area contributed by atoms with Crippen LogP contribution in [0, 0.1) is 11.3 Å². The Kier molecular flexibility index (Phi) is 7.27. The van der Waals surface area contributed by atoms with Gasteiger partial charge in [0.15, 0.2) is 11.5 Å². The van der Waals surface area contributed by atoms with Gasteiger partial charge in [-0.3, -0.25) is 4.79 Å². The average Bonchev–Trinajstić information content (AvgIpc) is 2.66. The SMILES string of the molecule is CCOc1cc(/C=C(/C#N)C(=O)N[C@H](C)c2ccccc2)cc(Cl)c1OC. The number of hydrogen-bond acceptors (Lipinski definition) is 4. The van der Waals surface area contributed by atoms with E-state index in [-0.39, 0.29) is 11.6 Å². The van der Waals surface area contributed by atoms with Crippen LogP contribution in [0.2, 0.25) is 5.02 Å². The van der Waals surface area contributed by atoms with Crippen molar-refractivity contribution in [3.63, 3.8) is 0 Å². The van der Waals surface area contributed by atoms with Crippen molar-refractivity contribution in [2.45, 2.75) is 19.9 Å². The molecule has 1 amide bonds. The quantitative estimate of drug-likeness (QED) is 0.562. The van der Waals surface area contributed by atoms with Gasteiger partial charge in [-0.05, 0) is 43.2 Å². The van der Waals surface area contributed by atoms with Crippen molar-refractivity contribution < 1.29 is 14.3 Å². The van der Waals surface area contributed by atoms with Crippen LogP contribution in [0.25, 0.3) is 6.08 Å². The highest BCUT2D eigenvalue weighted by Gasteiger charge is 2.15. The van der Waals surface area contributed by atoms with E-state index in [1.54, 1.807) is 12.1 Å². The molecule has 5 nitrogen and oxygen atoms in total. The first kappa shape index (κ1) is 20.3. The number of nitriles is 1. The predicted molar refractivity (Wildman–Crippen MR) is 106 cm³/mol. The van der Waals surface area contributed by atoms with E-state index in [4.69, 9.17) is 21.1 Å². The largest absolute Gasteiger partial charge is 0.491 e. The van der Waals surface area contributed by atoms with Gasteiger partial charge in [-0.25, -0.2) is 0 Å². The molecule has 1 N–H and O–H groups in total. The summed E-state index contributed by atoms with van der Waals surface area (Å²) in [7, 11) is 1.50. The third-order valence-electron chi connectivity index (χ3n) is 3.86. The fourth-order valence-electron chi connectivity index (χ4n) is 2.55. The number of benzene rings is 2. The Hall–Kier alpha value is -2.97. The third kappa shape index (κ3) is 5.25. The molecule has 0 saturated carbocycles. The lowest BCUT2D eigenvalue weighted by Gasteiger charge is -2.14. The predicted octanol–water partition coefficient (Wildman–Crippen LogP) is 4.53. The zero-order chi connectivity index (χ0) is 19.8. The zero-order valence-corrected chi connectivity index (χ0v) is 16.2. The van der Waals surface area contributed by atoms with Gasteiger partial charge in [0.05, 0.1) is 24.8 Å². The Bertz CT molecular complexity index is 873. The topological polar surface area (TPSA) is 71.3 Å². The van der Waals surface area contributed by atoms with Crippen LogP contribution in [0.3, 0.4) is 0 Å². The number of hydrogen-bond donors (Lipinski definition) is 1.